The number of hydrazine groups is 1. The van der Waals surface area contributed by atoms with E-state index in [1.807, 2.05) is 0 Å². The summed E-state index contributed by atoms with van der Waals surface area (Å²) < 4.78 is 44.6. The normalized spacial score (nSPS) is 12.1. The summed E-state index contributed by atoms with van der Waals surface area (Å²) in [4.78, 5) is 7.78. The summed E-state index contributed by atoms with van der Waals surface area (Å²) >= 11 is 0. The van der Waals surface area contributed by atoms with Crippen LogP contribution in [0.2, 0.25) is 0 Å². The topological polar surface area (TPSA) is 122 Å². The second-order valence-corrected chi connectivity index (χ2v) is 6.91. The molecule has 0 spiro atoms. The highest BCUT2D eigenvalue weighted by Crippen LogP contribution is 2.36. The summed E-state index contributed by atoms with van der Waals surface area (Å²) in [6.45, 7) is 3.57. The molecule has 5 N–H and O–H groups in total. The molecule has 0 aliphatic carbocycles. The van der Waals surface area contributed by atoms with Gasteiger partial charge in [0.1, 0.15) is 0 Å². The van der Waals surface area contributed by atoms with Gasteiger partial charge in [-0.1, -0.05) is 5.16 Å². The molecule has 0 aliphatic rings. The third-order valence-corrected chi connectivity index (χ3v) is 3.93. The summed E-state index contributed by atoms with van der Waals surface area (Å²) in [6, 6.07) is 5.78. The SMILES string of the molecule is CC(C)(O)CNc1ccc(-c2noc(-c3cnccc3C(F)(F)F)n2)cc1NN. The predicted molar refractivity (Wildman–Crippen MR) is 101 cm³/mol. The molecule has 2 heterocycles. The van der Waals surface area contributed by atoms with Crippen molar-refractivity contribution in [1.82, 2.24) is 15.1 Å². The standard InChI is InChI=1S/C18H19F3N6O2/c1-17(2,28)9-24-13-4-3-10(7-14(13)26-22)15-25-16(29-27-15)11-8-23-6-5-12(11)18(19,20)21/h3-8,24,26,28H,9,22H2,1-2H3. The first-order valence-corrected chi connectivity index (χ1v) is 8.51. The lowest BCUT2D eigenvalue weighted by Crippen LogP contribution is -2.29. The van der Waals surface area contributed by atoms with Gasteiger partial charge in [0, 0.05) is 24.5 Å². The van der Waals surface area contributed by atoms with E-state index in [9.17, 15) is 18.3 Å². The Morgan fingerprint density at radius 3 is 2.59 bits per heavy atom. The highest BCUT2D eigenvalue weighted by molar-refractivity contribution is 5.75. The number of hydrogen-bond donors (Lipinski definition) is 4. The van der Waals surface area contributed by atoms with Gasteiger partial charge in [0.15, 0.2) is 0 Å². The van der Waals surface area contributed by atoms with Crippen LogP contribution in [-0.4, -0.2) is 32.4 Å². The second-order valence-electron chi connectivity index (χ2n) is 6.91. The number of halogens is 3. The van der Waals surface area contributed by atoms with Gasteiger partial charge in [-0.25, -0.2) is 0 Å². The van der Waals surface area contributed by atoms with Gasteiger partial charge in [0.25, 0.3) is 5.89 Å². The number of nitrogens with two attached hydrogens (primary N) is 1. The van der Waals surface area contributed by atoms with E-state index in [4.69, 9.17) is 10.4 Å². The number of hydrogen-bond acceptors (Lipinski definition) is 8. The van der Waals surface area contributed by atoms with Crippen molar-refractivity contribution in [2.45, 2.75) is 25.6 Å². The average molecular weight is 408 g/mol. The van der Waals surface area contributed by atoms with Crippen LogP contribution in [0.15, 0.2) is 41.2 Å². The van der Waals surface area contributed by atoms with Crippen molar-refractivity contribution in [2.75, 3.05) is 17.3 Å². The van der Waals surface area contributed by atoms with Crippen molar-refractivity contribution in [3.8, 4) is 22.8 Å². The van der Waals surface area contributed by atoms with E-state index in [1.165, 1.54) is 0 Å². The molecule has 0 aliphatic heterocycles. The molecule has 0 fully saturated rings. The zero-order valence-corrected chi connectivity index (χ0v) is 15.6. The van der Waals surface area contributed by atoms with Crippen LogP contribution in [0.5, 0.6) is 0 Å². The molecule has 0 unspecified atom stereocenters. The third kappa shape index (κ3) is 4.81. The molecule has 8 nitrogen and oxygen atoms in total. The molecule has 0 saturated carbocycles. The Morgan fingerprint density at radius 2 is 1.93 bits per heavy atom. The first-order chi connectivity index (χ1) is 13.6. The Hall–Kier alpha value is -3.18. The van der Waals surface area contributed by atoms with E-state index in [1.54, 1.807) is 32.0 Å². The number of pyridine rings is 1. The number of aromatic nitrogens is 3. The minimum absolute atomic E-state index is 0.0857. The minimum Gasteiger partial charge on any atom is -0.389 e. The maximum Gasteiger partial charge on any atom is 0.417 e. The third-order valence-electron chi connectivity index (χ3n) is 3.93. The smallest absolute Gasteiger partial charge is 0.389 e. The van der Waals surface area contributed by atoms with Crippen LogP contribution in [0.25, 0.3) is 22.8 Å². The summed E-state index contributed by atoms with van der Waals surface area (Å²) in [5, 5.41) is 16.6. The fourth-order valence-corrected chi connectivity index (χ4v) is 2.53. The molecular formula is C18H19F3N6O2. The van der Waals surface area contributed by atoms with Crippen LogP contribution < -0.4 is 16.6 Å². The Balaban J connectivity index is 1.92. The van der Waals surface area contributed by atoms with E-state index in [0.717, 1.165) is 18.5 Å². The number of anilines is 2. The molecule has 2 aromatic heterocycles. The molecule has 154 valence electrons. The first kappa shape index (κ1) is 20.6. The molecule has 3 aromatic rings. The van der Waals surface area contributed by atoms with Crippen molar-refractivity contribution >= 4 is 11.4 Å². The van der Waals surface area contributed by atoms with E-state index >= 15 is 0 Å². The van der Waals surface area contributed by atoms with Gasteiger partial charge < -0.3 is 20.4 Å². The van der Waals surface area contributed by atoms with E-state index < -0.39 is 17.3 Å². The van der Waals surface area contributed by atoms with Crippen LogP contribution >= 0.6 is 0 Å². The lowest BCUT2D eigenvalue weighted by molar-refractivity contribution is -0.137. The van der Waals surface area contributed by atoms with Gasteiger partial charge in [-0.2, -0.15) is 18.2 Å². The van der Waals surface area contributed by atoms with Crippen LogP contribution in [0.3, 0.4) is 0 Å². The summed E-state index contributed by atoms with van der Waals surface area (Å²) in [6.07, 6.45) is -2.52. The summed E-state index contributed by atoms with van der Waals surface area (Å²) in [7, 11) is 0. The Morgan fingerprint density at radius 1 is 1.17 bits per heavy atom. The number of rotatable bonds is 6. The average Bonchev–Trinajstić information content (AvgIpc) is 3.15. The Labute approximate surface area is 163 Å². The fourth-order valence-electron chi connectivity index (χ4n) is 2.53. The lowest BCUT2D eigenvalue weighted by atomic mass is 10.1. The Bertz CT molecular complexity index is 998. The highest BCUT2D eigenvalue weighted by Gasteiger charge is 2.35. The number of nitrogens with zero attached hydrogens (tertiary/aromatic N) is 3. The summed E-state index contributed by atoms with van der Waals surface area (Å²) in [5.74, 6) is 5.34. The lowest BCUT2D eigenvalue weighted by Gasteiger charge is -2.20. The number of nitrogen functional groups attached to an aromatic ring is 1. The largest absolute Gasteiger partial charge is 0.417 e. The zero-order valence-electron chi connectivity index (χ0n) is 15.6. The number of aliphatic hydroxyl groups is 1. The maximum atomic E-state index is 13.2. The second kappa shape index (κ2) is 7.68. The van der Waals surface area contributed by atoms with Crippen molar-refractivity contribution in [3.63, 3.8) is 0 Å². The van der Waals surface area contributed by atoms with Crippen LogP contribution in [0, 0.1) is 0 Å². The molecule has 11 heteroatoms. The van der Waals surface area contributed by atoms with Gasteiger partial charge >= 0.3 is 6.18 Å². The van der Waals surface area contributed by atoms with Crippen molar-refractivity contribution in [2.24, 2.45) is 5.84 Å². The number of benzene rings is 1. The molecule has 0 radical (unpaired) electrons. The minimum atomic E-state index is -4.59. The van der Waals surface area contributed by atoms with Crippen LogP contribution in [0.4, 0.5) is 24.5 Å². The van der Waals surface area contributed by atoms with Gasteiger partial charge in [0.2, 0.25) is 5.82 Å². The van der Waals surface area contributed by atoms with Gasteiger partial charge in [0.05, 0.1) is 28.1 Å². The summed E-state index contributed by atoms with van der Waals surface area (Å²) in [5.41, 5.74) is 1.93. The maximum absolute atomic E-state index is 13.2. The van der Waals surface area contributed by atoms with Crippen LogP contribution in [0.1, 0.15) is 19.4 Å². The van der Waals surface area contributed by atoms with Crippen molar-refractivity contribution < 1.29 is 22.8 Å². The van der Waals surface area contributed by atoms with Crippen molar-refractivity contribution in [3.05, 3.63) is 42.2 Å². The van der Waals surface area contributed by atoms with Gasteiger partial charge in [-0.3, -0.25) is 10.8 Å². The highest BCUT2D eigenvalue weighted by atomic mass is 19.4. The molecule has 3 rings (SSSR count). The number of alkyl halides is 3. The van der Waals surface area contributed by atoms with Crippen LogP contribution in [-0.2, 0) is 6.18 Å². The monoisotopic (exact) mass is 408 g/mol. The number of nitrogens with one attached hydrogen (secondary N) is 2. The van der Waals surface area contributed by atoms with E-state index in [2.05, 4.69) is 25.9 Å². The van der Waals surface area contributed by atoms with Crippen molar-refractivity contribution in [1.29, 1.82) is 0 Å². The molecule has 0 atom stereocenters. The molecule has 0 saturated heterocycles. The molecule has 0 amide bonds. The van der Waals surface area contributed by atoms with Gasteiger partial charge in [-0.15, -0.1) is 0 Å². The molecule has 1 aromatic carbocycles. The van der Waals surface area contributed by atoms with E-state index in [-0.39, 0.29) is 23.8 Å². The first-order valence-electron chi connectivity index (χ1n) is 8.51. The molecule has 29 heavy (non-hydrogen) atoms. The molecular weight excluding hydrogens is 389 g/mol. The van der Waals surface area contributed by atoms with E-state index in [0.29, 0.717) is 16.9 Å². The fraction of sp³-hybridized carbons (Fsp3) is 0.278. The predicted octanol–water partition coefficient (Wildman–Crippen LogP) is 3.29. The quantitative estimate of drug-likeness (QED) is 0.362. The molecule has 0 bridgehead atoms. The zero-order chi connectivity index (χ0) is 21.2. The van der Waals surface area contributed by atoms with Gasteiger partial charge in [-0.05, 0) is 38.1 Å². The Kier molecular flexibility index (Phi) is 5.44.